The lowest BCUT2D eigenvalue weighted by molar-refractivity contribution is -0.123. The van der Waals surface area contributed by atoms with Crippen molar-refractivity contribution in [3.05, 3.63) is 82.0 Å². The Labute approximate surface area is 179 Å². The summed E-state index contributed by atoms with van der Waals surface area (Å²) in [7, 11) is 0. The summed E-state index contributed by atoms with van der Waals surface area (Å²) in [5, 5.41) is 6.51. The third kappa shape index (κ3) is 6.36. The number of hydrogen-bond donors (Lipinski definition) is 2. The SMILES string of the molecule is O=C(NCC(F)(F)F)c1cccc(NC(=O)c2ccccc2SCc2cccs2)c1. The van der Waals surface area contributed by atoms with Crippen molar-refractivity contribution in [1.82, 2.24) is 5.32 Å². The molecule has 0 spiro atoms. The molecule has 2 N–H and O–H groups in total. The zero-order valence-electron chi connectivity index (χ0n) is 15.5. The summed E-state index contributed by atoms with van der Waals surface area (Å²) >= 11 is 3.18. The fourth-order valence-electron chi connectivity index (χ4n) is 2.54. The van der Waals surface area contributed by atoms with E-state index in [1.807, 2.05) is 35.0 Å². The van der Waals surface area contributed by atoms with Crippen LogP contribution in [0.3, 0.4) is 0 Å². The van der Waals surface area contributed by atoms with Crippen LogP contribution < -0.4 is 10.6 Å². The van der Waals surface area contributed by atoms with E-state index in [4.69, 9.17) is 0 Å². The number of amides is 2. The molecule has 3 aromatic rings. The van der Waals surface area contributed by atoms with Gasteiger partial charge in [-0.15, -0.1) is 23.1 Å². The molecule has 0 atom stereocenters. The first-order valence-corrected chi connectivity index (χ1v) is 10.7. The highest BCUT2D eigenvalue weighted by molar-refractivity contribution is 7.98. The van der Waals surface area contributed by atoms with Crippen molar-refractivity contribution in [2.24, 2.45) is 0 Å². The number of thiophene rings is 1. The number of benzene rings is 2. The van der Waals surface area contributed by atoms with Crippen LogP contribution in [0.2, 0.25) is 0 Å². The first-order chi connectivity index (χ1) is 14.3. The van der Waals surface area contributed by atoms with E-state index in [0.717, 1.165) is 10.6 Å². The van der Waals surface area contributed by atoms with Crippen LogP contribution in [0.15, 0.2) is 70.9 Å². The molecule has 2 amide bonds. The first kappa shape index (κ1) is 21.9. The van der Waals surface area contributed by atoms with Crippen LogP contribution in [-0.4, -0.2) is 24.5 Å². The molecule has 0 aliphatic carbocycles. The van der Waals surface area contributed by atoms with Gasteiger partial charge in [0.15, 0.2) is 0 Å². The summed E-state index contributed by atoms with van der Waals surface area (Å²) in [4.78, 5) is 26.7. The highest BCUT2D eigenvalue weighted by atomic mass is 32.2. The number of alkyl halides is 3. The number of thioether (sulfide) groups is 1. The molecule has 1 aromatic heterocycles. The van der Waals surface area contributed by atoms with Crippen LogP contribution in [0, 0.1) is 0 Å². The average molecular weight is 451 g/mol. The Bertz CT molecular complexity index is 1020. The van der Waals surface area contributed by atoms with Crippen molar-refractivity contribution in [1.29, 1.82) is 0 Å². The largest absolute Gasteiger partial charge is 0.405 e. The summed E-state index contributed by atoms with van der Waals surface area (Å²) in [5.41, 5.74) is 0.820. The summed E-state index contributed by atoms with van der Waals surface area (Å²) in [6.45, 7) is -1.42. The lowest BCUT2D eigenvalue weighted by atomic mass is 10.1. The summed E-state index contributed by atoms with van der Waals surface area (Å²) < 4.78 is 36.9. The molecule has 0 saturated heterocycles. The van der Waals surface area contributed by atoms with Crippen LogP contribution in [0.25, 0.3) is 0 Å². The van der Waals surface area contributed by atoms with E-state index in [9.17, 15) is 22.8 Å². The summed E-state index contributed by atoms with van der Waals surface area (Å²) in [6, 6.07) is 16.9. The van der Waals surface area contributed by atoms with Crippen molar-refractivity contribution >= 4 is 40.6 Å². The Morgan fingerprint density at radius 3 is 2.50 bits per heavy atom. The minimum Gasteiger partial charge on any atom is -0.343 e. The van der Waals surface area contributed by atoms with Gasteiger partial charge in [-0.25, -0.2) is 0 Å². The molecule has 3 rings (SSSR count). The Morgan fingerprint density at radius 2 is 1.77 bits per heavy atom. The molecular weight excluding hydrogens is 433 g/mol. The van der Waals surface area contributed by atoms with Crippen molar-refractivity contribution in [3.8, 4) is 0 Å². The number of nitrogens with one attached hydrogen (secondary N) is 2. The number of hydrogen-bond acceptors (Lipinski definition) is 4. The van der Waals surface area contributed by atoms with Crippen LogP contribution in [0.1, 0.15) is 25.6 Å². The second kappa shape index (κ2) is 9.82. The molecule has 1 heterocycles. The summed E-state index contributed by atoms with van der Waals surface area (Å²) in [6.07, 6.45) is -4.49. The zero-order valence-corrected chi connectivity index (χ0v) is 17.2. The Kier molecular flexibility index (Phi) is 7.17. The molecule has 0 aliphatic rings. The third-order valence-corrected chi connectivity index (χ3v) is 6.10. The van der Waals surface area contributed by atoms with E-state index in [1.165, 1.54) is 34.8 Å². The maximum Gasteiger partial charge on any atom is 0.405 e. The molecule has 9 heteroatoms. The first-order valence-electron chi connectivity index (χ1n) is 8.82. The van der Waals surface area contributed by atoms with Crippen molar-refractivity contribution in [3.63, 3.8) is 0 Å². The highest BCUT2D eigenvalue weighted by Gasteiger charge is 2.28. The Hall–Kier alpha value is -2.78. The van der Waals surface area contributed by atoms with Crippen LogP contribution in [0.4, 0.5) is 18.9 Å². The average Bonchev–Trinajstić information content (AvgIpc) is 3.24. The lowest BCUT2D eigenvalue weighted by Crippen LogP contribution is -2.33. The predicted molar refractivity (Wildman–Crippen MR) is 113 cm³/mol. The quantitative estimate of drug-likeness (QED) is 0.462. The predicted octanol–water partition coefficient (Wildman–Crippen LogP) is 5.58. The second-order valence-electron chi connectivity index (χ2n) is 6.20. The molecule has 0 aliphatic heterocycles. The maximum atomic E-state index is 12.8. The van der Waals surface area contributed by atoms with Gasteiger partial charge < -0.3 is 10.6 Å². The van der Waals surface area contributed by atoms with Gasteiger partial charge in [0, 0.05) is 26.8 Å². The molecule has 30 heavy (non-hydrogen) atoms. The molecule has 2 aromatic carbocycles. The van der Waals surface area contributed by atoms with Gasteiger partial charge in [-0.3, -0.25) is 9.59 Å². The maximum absolute atomic E-state index is 12.8. The van der Waals surface area contributed by atoms with E-state index >= 15 is 0 Å². The number of carbonyl (C=O) groups excluding carboxylic acids is 2. The van der Waals surface area contributed by atoms with Crippen LogP contribution >= 0.6 is 23.1 Å². The number of rotatable bonds is 7. The highest BCUT2D eigenvalue weighted by Crippen LogP contribution is 2.28. The second-order valence-corrected chi connectivity index (χ2v) is 8.25. The lowest BCUT2D eigenvalue weighted by Gasteiger charge is -2.11. The van der Waals surface area contributed by atoms with Gasteiger partial charge in [0.1, 0.15) is 6.54 Å². The third-order valence-electron chi connectivity index (χ3n) is 3.91. The minimum atomic E-state index is -4.49. The van der Waals surface area contributed by atoms with Crippen molar-refractivity contribution < 1.29 is 22.8 Å². The fourth-order valence-corrected chi connectivity index (χ4v) is 4.37. The van der Waals surface area contributed by atoms with E-state index in [0.29, 0.717) is 11.3 Å². The van der Waals surface area contributed by atoms with E-state index < -0.39 is 18.6 Å². The molecule has 0 unspecified atom stereocenters. The molecule has 156 valence electrons. The molecule has 0 bridgehead atoms. The fraction of sp³-hybridized carbons (Fsp3) is 0.143. The van der Waals surface area contributed by atoms with E-state index in [-0.39, 0.29) is 11.5 Å². The smallest absolute Gasteiger partial charge is 0.343 e. The van der Waals surface area contributed by atoms with Gasteiger partial charge >= 0.3 is 6.18 Å². The number of anilines is 1. The topological polar surface area (TPSA) is 58.2 Å². The van der Waals surface area contributed by atoms with E-state index in [2.05, 4.69) is 5.32 Å². The van der Waals surface area contributed by atoms with E-state index in [1.54, 1.807) is 29.5 Å². The molecule has 4 nitrogen and oxygen atoms in total. The van der Waals surface area contributed by atoms with Gasteiger partial charge in [0.25, 0.3) is 11.8 Å². The molecule has 0 saturated carbocycles. The number of halogens is 3. The molecule has 0 radical (unpaired) electrons. The minimum absolute atomic E-state index is 0.0254. The van der Waals surface area contributed by atoms with Gasteiger partial charge in [-0.05, 0) is 41.8 Å². The van der Waals surface area contributed by atoms with Gasteiger partial charge in [-0.2, -0.15) is 13.2 Å². The molecule has 0 fully saturated rings. The van der Waals surface area contributed by atoms with Gasteiger partial charge in [-0.1, -0.05) is 24.3 Å². The number of carbonyl (C=O) groups is 2. The monoisotopic (exact) mass is 450 g/mol. The Morgan fingerprint density at radius 1 is 0.967 bits per heavy atom. The normalized spacial score (nSPS) is 11.2. The van der Waals surface area contributed by atoms with Crippen LogP contribution in [-0.2, 0) is 5.75 Å². The summed E-state index contributed by atoms with van der Waals surface area (Å²) in [5.74, 6) is -0.496. The van der Waals surface area contributed by atoms with Crippen LogP contribution in [0.5, 0.6) is 0 Å². The van der Waals surface area contributed by atoms with Gasteiger partial charge in [0.2, 0.25) is 0 Å². The standard InChI is InChI=1S/C21H17F3N2O2S2/c22-21(23,24)13-25-19(27)14-5-3-6-15(11-14)26-20(28)17-8-1-2-9-18(17)30-12-16-7-4-10-29-16/h1-11H,12-13H2,(H,25,27)(H,26,28). The van der Waals surface area contributed by atoms with Crippen molar-refractivity contribution in [2.45, 2.75) is 16.8 Å². The zero-order chi connectivity index (χ0) is 21.6. The van der Waals surface area contributed by atoms with Crippen molar-refractivity contribution in [2.75, 3.05) is 11.9 Å². The van der Waals surface area contributed by atoms with Gasteiger partial charge in [0.05, 0.1) is 5.56 Å². The Balaban J connectivity index is 1.68. The molecular formula is C21H17F3N2O2S2.